The zero-order chi connectivity index (χ0) is 14.9. The molecule has 1 atom stereocenters. The molecule has 6 heteroatoms. The predicted molar refractivity (Wildman–Crippen MR) is 82.0 cm³/mol. The Morgan fingerprint density at radius 1 is 1.16 bits per heavy atom. The summed E-state index contributed by atoms with van der Waals surface area (Å²) in [7, 11) is 0.806. The second-order valence-corrected chi connectivity index (χ2v) is 7.23. The summed E-state index contributed by atoms with van der Waals surface area (Å²) in [5.41, 5.74) is 0. The fraction of sp³-hybridized carbons (Fsp3) is 1.00. The summed E-state index contributed by atoms with van der Waals surface area (Å²) in [5.74, 6) is 0.254. The largest absolute Gasteiger partial charge is 0.317 e. The third-order valence-corrected chi connectivity index (χ3v) is 5.18. The third-order valence-electron chi connectivity index (χ3n) is 3.05. The van der Waals surface area contributed by atoms with Crippen molar-refractivity contribution in [2.75, 3.05) is 46.0 Å². The van der Waals surface area contributed by atoms with Crippen molar-refractivity contribution in [2.45, 2.75) is 39.7 Å². The van der Waals surface area contributed by atoms with E-state index in [1.54, 1.807) is 4.31 Å². The molecule has 0 radical (unpaired) electrons. The summed E-state index contributed by atoms with van der Waals surface area (Å²) in [6.45, 7) is 9.06. The summed E-state index contributed by atoms with van der Waals surface area (Å²) < 4.78 is 26.2. The Labute approximate surface area is 119 Å². The lowest BCUT2D eigenvalue weighted by Crippen LogP contribution is -2.44. The fourth-order valence-electron chi connectivity index (χ4n) is 2.23. The summed E-state index contributed by atoms with van der Waals surface area (Å²) >= 11 is 0. The molecular weight excluding hydrogens is 262 g/mol. The van der Waals surface area contributed by atoms with Gasteiger partial charge in [-0.15, -0.1) is 0 Å². The topological polar surface area (TPSA) is 52.7 Å². The van der Waals surface area contributed by atoms with Crippen molar-refractivity contribution in [1.82, 2.24) is 14.5 Å². The number of sulfonamides is 1. The van der Waals surface area contributed by atoms with Crippen LogP contribution in [0, 0.1) is 0 Å². The minimum absolute atomic E-state index is 0.0266. The van der Waals surface area contributed by atoms with Crippen LogP contribution in [-0.4, -0.2) is 69.7 Å². The molecule has 0 rings (SSSR count). The summed E-state index contributed by atoms with van der Waals surface area (Å²) in [5, 5.41) is 3.21. The van der Waals surface area contributed by atoms with Crippen LogP contribution in [-0.2, 0) is 10.0 Å². The highest BCUT2D eigenvalue weighted by molar-refractivity contribution is 7.89. The maximum absolute atomic E-state index is 12.3. The molecule has 0 amide bonds. The van der Waals surface area contributed by atoms with E-state index in [9.17, 15) is 8.42 Å². The van der Waals surface area contributed by atoms with Gasteiger partial charge in [0.15, 0.2) is 0 Å². The van der Waals surface area contributed by atoms with Crippen LogP contribution in [0.25, 0.3) is 0 Å². The molecule has 0 bridgehead atoms. The number of unbranched alkanes of at least 4 members (excludes halogenated alkanes) is 1. The van der Waals surface area contributed by atoms with Crippen LogP contribution in [0.3, 0.4) is 0 Å². The lowest BCUT2D eigenvalue weighted by Gasteiger charge is -2.29. The summed E-state index contributed by atoms with van der Waals surface area (Å²) in [6, 6.07) is 0.0266. The van der Waals surface area contributed by atoms with Crippen LogP contribution in [0.2, 0.25) is 0 Å². The number of hydrogen-bond acceptors (Lipinski definition) is 4. The molecule has 0 aromatic heterocycles. The summed E-state index contributed by atoms with van der Waals surface area (Å²) in [4.78, 5) is 2.02. The van der Waals surface area contributed by atoms with E-state index in [1.807, 2.05) is 32.8 Å². The van der Waals surface area contributed by atoms with Crippen molar-refractivity contribution in [3.8, 4) is 0 Å². The van der Waals surface area contributed by atoms with Gasteiger partial charge in [0, 0.05) is 19.1 Å². The summed E-state index contributed by atoms with van der Waals surface area (Å²) in [6.07, 6.45) is 1.63. The van der Waals surface area contributed by atoms with Gasteiger partial charge < -0.3 is 10.2 Å². The lowest BCUT2D eigenvalue weighted by atomic mass is 10.3. The molecule has 0 heterocycles. The Hall–Kier alpha value is -0.170. The van der Waals surface area contributed by atoms with Crippen LogP contribution in [0.15, 0.2) is 0 Å². The molecule has 0 aliphatic heterocycles. The van der Waals surface area contributed by atoms with E-state index in [0.29, 0.717) is 6.54 Å². The molecular formula is C13H31N3O2S. The Kier molecular flexibility index (Phi) is 9.60. The second-order valence-electron chi connectivity index (χ2n) is 5.19. The normalized spacial score (nSPS) is 14.3. The minimum atomic E-state index is -3.13. The van der Waals surface area contributed by atoms with Gasteiger partial charge in [0.05, 0.1) is 5.75 Å². The Balaban J connectivity index is 4.32. The monoisotopic (exact) mass is 293 g/mol. The van der Waals surface area contributed by atoms with Gasteiger partial charge in [-0.3, -0.25) is 0 Å². The first-order valence-electron chi connectivity index (χ1n) is 7.20. The quantitative estimate of drug-likeness (QED) is 0.577. The number of nitrogens with zero attached hydrogens (tertiary/aromatic N) is 2. The van der Waals surface area contributed by atoms with Gasteiger partial charge in [-0.05, 0) is 47.0 Å². The second kappa shape index (κ2) is 9.69. The minimum Gasteiger partial charge on any atom is -0.317 e. The van der Waals surface area contributed by atoms with Crippen molar-refractivity contribution in [3.05, 3.63) is 0 Å². The molecule has 116 valence electrons. The maximum Gasteiger partial charge on any atom is 0.214 e. The number of likely N-dealkylation sites (N-methyl/N-ethyl adjacent to an activating group) is 2. The molecule has 0 saturated heterocycles. The van der Waals surface area contributed by atoms with Crippen molar-refractivity contribution in [1.29, 1.82) is 0 Å². The Morgan fingerprint density at radius 3 is 2.26 bits per heavy atom. The van der Waals surface area contributed by atoms with Gasteiger partial charge in [0.2, 0.25) is 10.0 Å². The first kappa shape index (κ1) is 18.8. The highest BCUT2D eigenvalue weighted by Gasteiger charge is 2.25. The third kappa shape index (κ3) is 7.87. The van der Waals surface area contributed by atoms with Gasteiger partial charge in [-0.1, -0.05) is 13.8 Å². The number of rotatable bonds is 11. The maximum atomic E-state index is 12.3. The van der Waals surface area contributed by atoms with E-state index in [-0.39, 0.29) is 11.8 Å². The van der Waals surface area contributed by atoms with Gasteiger partial charge in [0.1, 0.15) is 0 Å². The number of hydrogen-bond donors (Lipinski definition) is 1. The van der Waals surface area contributed by atoms with E-state index in [4.69, 9.17) is 0 Å². The Morgan fingerprint density at radius 2 is 1.79 bits per heavy atom. The van der Waals surface area contributed by atoms with E-state index in [0.717, 1.165) is 32.5 Å². The van der Waals surface area contributed by atoms with Crippen molar-refractivity contribution in [2.24, 2.45) is 0 Å². The lowest BCUT2D eigenvalue weighted by molar-refractivity contribution is 0.271. The van der Waals surface area contributed by atoms with Crippen molar-refractivity contribution in [3.63, 3.8) is 0 Å². The average Bonchev–Trinajstić information content (AvgIpc) is 2.28. The average molecular weight is 293 g/mol. The fourth-order valence-corrected chi connectivity index (χ4v) is 4.04. The van der Waals surface area contributed by atoms with Crippen LogP contribution in [0.5, 0.6) is 0 Å². The number of nitrogens with one attached hydrogen (secondary N) is 1. The van der Waals surface area contributed by atoms with Gasteiger partial charge in [-0.25, -0.2) is 8.42 Å². The molecule has 0 aliphatic rings. The predicted octanol–water partition coefficient (Wildman–Crippen LogP) is 0.978. The van der Waals surface area contributed by atoms with Crippen LogP contribution < -0.4 is 5.32 Å². The SMILES string of the molecule is CCNCCCCS(=O)(=O)N(CC)C(C)CN(C)C. The molecule has 19 heavy (non-hydrogen) atoms. The van der Waals surface area contributed by atoms with E-state index in [2.05, 4.69) is 12.2 Å². The first-order chi connectivity index (χ1) is 8.85. The van der Waals surface area contributed by atoms with E-state index in [1.165, 1.54) is 0 Å². The van der Waals surface area contributed by atoms with E-state index >= 15 is 0 Å². The Bertz CT molecular complexity index is 318. The van der Waals surface area contributed by atoms with Gasteiger partial charge >= 0.3 is 0 Å². The molecule has 1 unspecified atom stereocenters. The smallest absolute Gasteiger partial charge is 0.214 e. The van der Waals surface area contributed by atoms with Gasteiger partial charge in [-0.2, -0.15) is 4.31 Å². The molecule has 0 saturated carbocycles. The molecule has 0 spiro atoms. The zero-order valence-corrected chi connectivity index (χ0v) is 14.0. The van der Waals surface area contributed by atoms with Crippen LogP contribution >= 0.6 is 0 Å². The molecule has 0 fully saturated rings. The van der Waals surface area contributed by atoms with Crippen LogP contribution in [0.1, 0.15) is 33.6 Å². The molecule has 5 nitrogen and oxygen atoms in total. The van der Waals surface area contributed by atoms with Crippen molar-refractivity contribution < 1.29 is 8.42 Å². The van der Waals surface area contributed by atoms with Crippen molar-refractivity contribution >= 4 is 10.0 Å². The standard InChI is InChI=1S/C13H31N3O2S/c1-6-14-10-8-9-11-19(17,18)16(7-2)13(3)12-15(4)5/h13-14H,6-12H2,1-5H3. The highest BCUT2D eigenvalue weighted by Crippen LogP contribution is 2.10. The highest BCUT2D eigenvalue weighted by atomic mass is 32.2. The molecule has 0 aromatic carbocycles. The van der Waals surface area contributed by atoms with Gasteiger partial charge in [0.25, 0.3) is 0 Å². The zero-order valence-electron chi connectivity index (χ0n) is 13.1. The molecule has 0 aliphatic carbocycles. The molecule has 1 N–H and O–H groups in total. The van der Waals surface area contributed by atoms with Crippen LogP contribution in [0.4, 0.5) is 0 Å². The molecule has 0 aromatic rings. The van der Waals surface area contributed by atoms with E-state index < -0.39 is 10.0 Å². The first-order valence-corrected chi connectivity index (χ1v) is 8.81.